The Morgan fingerprint density at radius 3 is 2.77 bits per heavy atom. The van der Waals surface area contributed by atoms with Crippen LogP contribution in [0.4, 0.5) is 16.0 Å². The minimum Gasteiger partial charge on any atom is -0.326 e. The molecule has 5 rings (SSSR count). The third-order valence-corrected chi connectivity index (χ3v) is 5.71. The lowest BCUT2D eigenvalue weighted by atomic mass is 10.1. The fraction of sp³-hybridized carbons (Fsp3) is 0.292. The van der Waals surface area contributed by atoms with Crippen molar-refractivity contribution in [1.29, 1.82) is 0 Å². The number of pyridine rings is 2. The van der Waals surface area contributed by atoms with E-state index in [2.05, 4.69) is 45.1 Å². The molecule has 0 fully saturated rings. The molecule has 0 amide bonds. The van der Waals surface area contributed by atoms with E-state index in [9.17, 15) is 4.39 Å². The molecule has 1 aromatic carbocycles. The molecule has 1 aliphatic rings. The maximum absolute atomic E-state index is 14.9. The summed E-state index contributed by atoms with van der Waals surface area (Å²) in [6.07, 6.45) is 2.65. The number of fused-ring (bicyclic) bond motifs is 2. The molecule has 0 aliphatic carbocycles. The van der Waals surface area contributed by atoms with Crippen LogP contribution in [0.25, 0.3) is 22.2 Å². The fourth-order valence-electron chi connectivity index (χ4n) is 4.30. The van der Waals surface area contributed by atoms with E-state index in [4.69, 9.17) is 4.98 Å². The van der Waals surface area contributed by atoms with Crippen LogP contribution in [0.1, 0.15) is 37.0 Å². The first-order valence-electron chi connectivity index (χ1n) is 10.6. The van der Waals surface area contributed by atoms with E-state index in [1.165, 1.54) is 5.56 Å². The van der Waals surface area contributed by atoms with Crippen LogP contribution in [-0.2, 0) is 13.0 Å². The van der Waals surface area contributed by atoms with Gasteiger partial charge in [0, 0.05) is 37.4 Å². The second-order valence-corrected chi connectivity index (χ2v) is 8.23. The Morgan fingerprint density at radius 2 is 1.94 bits per heavy atom. The van der Waals surface area contributed by atoms with Crippen LogP contribution in [0.5, 0.6) is 0 Å². The highest BCUT2D eigenvalue weighted by Gasteiger charge is 2.16. The van der Waals surface area contributed by atoms with Crippen LogP contribution in [-0.4, -0.2) is 26.1 Å². The van der Waals surface area contributed by atoms with Gasteiger partial charge in [-0.15, -0.1) is 0 Å². The van der Waals surface area contributed by atoms with Gasteiger partial charge in [-0.2, -0.15) is 0 Å². The number of rotatable bonds is 4. The van der Waals surface area contributed by atoms with Gasteiger partial charge in [-0.1, -0.05) is 6.07 Å². The van der Waals surface area contributed by atoms with Crippen molar-refractivity contribution in [2.75, 3.05) is 11.9 Å². The van der Waals surface area contributed by atoms with Crippen molar-refractivity contribution >= 4 is 22.7 Å². The number of halogens is 1. The third-order valence-electron chi connectivity index (χ3n) is 5.71. The summed E-state index contributed by atoms with van der Waals surface area (Å²) in [5.74, 6) is 1.94. The number of imidazole rings is 1. The number of hydrogen-bond acceptors (Lipinski definition) is 5. The fourth-order valence-corrected chi connectivity index (χ4v) is 4.30. The van der Waals surface area contributed by atoms with Gasteiger partial charge in [0.05, 0.1) is 5.52 Å². The largest absolute Gasteiger partial charge is 0.326 e. The highest BCUT2D eigenvalue weighted by Crippen LogP contribution is 2.30. The number of hydrogen-bond donors (Lipinski definition) is 2. The first-order valence-corrected chi connectivity index (χ1v) is 10.6. The number of nitrogens with one attached hydrogen (secondary N) is 2. The van der Waals surface area contributed by atoms with Crippen molar-refractivity contribution in [3.05, 3.63) is 65.5 Å². The molecule has 6 nitrogen and oxygen atoms in total. The molecule has 4 heterocycles. The maximum atomic E-state index is 14.9. The second kappa shape index (κ2) is 7.74. The molecule has 7 heteroatoms. The number of benzene rings is 1. The Kier molecular flexibility index (Phi) is 4.90. The predicted molar refractivity (Wildman–Crippen MR) is 121 cm³/mol. The summed E-state index contributed by atoms with van der Waals surface area (Å²) in [5, 5.41) is 6.65. The highest BCUT2D eigenvalue weighted by atomic mass is 19.1. The van der Waals surface area contributed by atoms with E-state index in [0.29, 0.717) is 11.3 Å². The number of aromatic nitrogens is 4. The van der Waals surface area contributed by atoms with Crippen molar-refractivity contribution < 1.29 is 4.39 Å². The van der Waals surface area contributed by atoms with Crippen LogP contribution >= 0.6 is 0 Å². The zero-order valence-electron chi connectivity index (χ0n) is 17.9. The number of aryl methyl sites for hydroxylation is 1. The van der Waals surface area contributed by atoms with Gasteiger partial charge < -0.3 is 15.2 Å². The van der Waals surface area contributed by atoms with Crippen molar-refractivity contribution in [1.82, 2.24) is 24.8 Å². The zero-order chi connectivity index (χ0) is 21.5. The molecule has 31 heavy (non-hydrogen) atoms. The van der Waals surface area contributed by atoms with Gasteiger partial charge in [0.15, 0.2) is 5.82 Å². The molecule has 0 radical (unpaired) electrons. The standard InChI is InChI=1S/C24H25FN6/c1-14(2)31-15(3)28-24-19(25)10-18(11-21(24)31)16-6-9-27-23(12-16)30-22-5-4-17-13-26-8-7-20(17)29-22/h4-6,9-12,14,26H,7-8,13H2,1-3H3,(H,27,29,30). The Hall–Kier alpha value is -3.32. The van der Waals surface area contributed by atoms with E-state index in [1.807, 2.05) is 31.2 Å². The second-order valence-electron chi connectivity index (χ2n) is 8.23. The molecule has 1 aliphatic heterocycles. The molecule has 3 aromatic heterocycles. The van der Waals surface area contributed by atoms with Crippen LogP contribution in [0.3, 0.4) is 0 Å². The van der Waals surface area contributed by atoms with Gasteiger partial charge in [0.25, 0.3) is 0 Å². The van der Waals surface area contributed by atoms with Gasteiger partial charge in [0.1, 0.15) is 23.0 Å². The summed E-state index contributed by atoms with van der Waals surface area (Å²) in [6.45, 7) is 7.87. The Bertz CT molecular complexity index is 1280. The lowest BCUT2D eigenvalue weighted by Crippen LogP contribution is -2.24. The normalized spacial score (nSPS) is 13.6. The Labute approximate surface area is 180 Å². The summed E-state index contributed by atoms with van der Waals surface area (Å²) in [5.41, 5.74) is 5.24. The molecular weight excluding hydrogens is 391 g/mol. The smallest absolute Gasteiger partial charge is 0.151 e. The summed E-state index contributed by atoms with van der Waals surface area (Å²) in [7, 11) is 0. The van der Waals surface area contributed by atoms with Gasteiger partial charge in [0.2, 0.25) is 0 Å². The van der Waals surface area contributed by atoms with Gasteiger partial charge in [-0.25, -0.2) is 19.3 Å². The minimum atomic E-state index is -0.314. The third kappa shape index (κ3) is 3.65. The Morgan fingerprint density at radius 1 is 1.06 bits per heavy atom. The molecular formula is C24H25FN6. The monoisotopic (exact) mass is 416 g/mol. The van der Waals surface area contributed by atoms with Gasteiger partial charge >= 0.3 is 0 Å². The lowest BCUT2D eigenvalue weighted by Gasteiger charge is -2.17. The quantitative estimate of drug-likeness (QED) is 0.495. The first-order chi connectivity index (χ1) is 15.0. The van der Waals surface area contributed by atoms with E-state index >= 15 is 0 Å². The number of anilines is 2. The SMILES string of the molecule is Cc1nc2c(F)cc(-c3ccnc(Nc4ccc5c(n4)CCNC5)c3)cc2n1C(C)C. The zero-order valence-corrected chi connectivity index (χ0v) is 17.9. The Balaban J connectivity index is 1.50. The van der Waals surface area contributed by atoms with Crippen molar-refractivity contribution in [3.63, 3.8) is 0 Å². The predicted octanol–water partition coefficient (Wildman–Crippen LogP) is 4.91. The van der Waals surface area contributed by atoms with E-state index in [-0.39, 0.29) is 11.9 Å². The summed E-state index contributed by atoms with van der Waals surface area (Å²) in [6, 6.07) is 11.6. The molecule has 2 N–H and O–H groups in total. The van der Waals surface area contributed by atoms with E-state index < -0.39 is 0 Å². The van der Waals surface area contributed by atoms with Gasteiger partial charge in [-0.05, 0) is 67.8 Å². The average Bonchev–Trinajstić information content (AvgIpc) is 3.10. The topological polar surface area (TPSA) is 67.7 Å². The van der Waals surface area contributed by atoms with Crippen molar-refractivity contribution in [2.45, 2.75) is 39.8 Å². The van der Waals surface area contributed by atoms with E-state index in [0.717, 1.165) is 53.5 Å². The van der Waals surface area contributed by atoms with E-state index in [1.54, 1.807) is 12.3 Å². The summed E-state index contributed by atoms with van der Waals surface area (Å²) >= 11 is 0. The molecule has 0 saturated carbocycles. The molecule has 4 aromatic rings. The lowest BCUT2D eigenvalue weighted by molar-refractivity contribution is 0.600. The van der Waals surface area contributed by atoms with Crippen LogP contribution in [0.15, 0.2) is 42.6 Å². The average molecular weight is 417 g/mol. The molecule has 0 unspecified atom stereocenters. The molecule has 158 valence electrons. The molecule has 0 spiro atoms. The van der Waals surface area contributed by atoms with Crippen LogP contribution < -0.4 is 10.6 Å². The first kappa shape index (κ1) is 19.6. The minimum absolute atomic E-state index is 0.194. The van der Waals surface area contributed by atoms with Crippen LogP contribution in [0.2, 0.25) is 0 Å². The van der Waals surface area contributed by atoms with Crippen molar-refractivity contribution in [3.8, 4) is 11.1 Å². The van der Waals surface area contributed by atoms with Crippen LogP contribution in [0, 0.1) is 12.7 Å². The molecule has 0 atom stereocenters. The van der Waals surface area contributed by atoms with Crippen molar-refractivity contribution in [2.24, 2.45) is 0 Å². The summed E-state index contributed by atoms with van der Waals surface area (Å²) in [4.78, 5) is 13.6. The highest BCUT2D eigenvalue weighted by molar-refractivity contribution is 5.84. The molecule has 0 saturated heterocycles. The summed E-state index contributed by atoms with van der Waals surface area (Å²) < 4.78 is 16.9. The van der Waals surface area contributed by atoms with Gasteiger partial charge in [-0.3, -0.25) is 0 Å². The molecule has 0 bridgehead atoms. The number of nitrogens with zero attached hydrogens (tertiary/aromatic N) is 4. The maximum Gasteiger partial charge on any atom is 0.151 e.